The van der Waals surface area contributed by atoms with Crippen LogP contribution < -0.4 is 10.6 Å². The van der Waals surface area contributed by atoms with Crippen LogP contribution in [0.1, 0.15) is 31.2 Å². The summed E-state index contributed by atoms with van der Waals surface area (Å²) in [5.41, 5.74) is 1.11. The molecular weight excluding hydrogens is 361 g/mol. The number of carbonyl (C=O) groups is 1. The first-order chi connectivity index (χ1) is 11.6. The first-order valence-electron chi connectivity index (χ1n) is 8.70. The first kappa shape index (κ1) is 20.5. The molecule has 2 N–H and O–H groups in total. The maximum atomic E-state index is 13.3. The lowest BCUT2D eigenvalue weighted by Crippen LogP contribution is -2.44. The number of hydrogen-bond acceptors (Lipinski definition) is 4. The summed E-state index contributed by atoms with van der Waals surface area (Å²) in [6.45, 7) is 7.50. The van der Waals surface area contributed by atoms with Crippen molar-refractivity contribution in [1.29, 1.82) is 0 Å². The van der Waals surface area contributed by atoms with E-state index >= 15 is 0 Å². The smallest absolute Gasteiger partial charge is 0.231 e. The van der Waals surface area contributed by atoms with Crippen LogP contribution in [0, 0.1) is 5.82 Å². The predicted octanol–water partition coefficient (Wildman–Crippen LogP) is 2.60. The third-order valence-corrected chi connectivity index (χ3v) is 6.40. The second-order valence-corrected chi connectivity index (χ2v) is 8.21. The number of thioether (sulfide) groups is 1. The second-order valence-electron chi connectivity index (χ2n) is 6.78. The normalized spacial score (nSPS) is 25.3. The molecule has 0 saturated carbocycles. The molecule has 1 amide bonds. The number of piperazine rings is 1. The zero-order valence-electron chi connectivity index (χ0n) is 14.6. The van der Waals surface area contributed by atoms with Crippen molar-refractivity contribution in [3.05, 3.63) is 35.6 Å². The van der Waals surface area contributed by atoms with Crippen molar-refractivity contribution in [3.8, 4) is 0 Å². The van der Waals surface area contributed by atoms with Gasteiger partial charge in [0.2, 0.25) is 5.91 Å². The quantitative estimate of drug-likeness (QED) is 0.787. The fourth-order valence-corrected chi connectivity index (χ4v) is 4.81. The Kier molecular flexibility index (Phi) is 7.55. The van der Waals surface area contributed by atoms with Crippen LogP contribution in [0.15, 0.2) is 24.3 Å². The van der Waals surface area contributed by atoms with E-state index in [0.29, 0.717) is 5.75 Å². The zero-order chi connectivity index (χ0) is 17.0. The van der Waals surface area contributed by atoms with Gasteiger partial charge in [-0.2, -0.15) is 0 Å². The number of nitrogens with one attached hydrogen (secondary N) is 2. The topological polar surface area (TPSA) is 44.4 Å². The van der Waals surface area contributed by atoms with Gasteiger partial charge in [0.05, 0.1) is 10.6 Å². The molecule has 0 aromatic heterocycles. The predicted molar refractivity (Wildman–Crippen MR) is 104 cm³/mol. The Balaban J connectivity index is 0.00000225. The number of carbonyl (C=O) groups excluding carboxylic acids is 1. The lowest BCUT2D eigenvalue weighted by atomic mass is 9.87. The molecule has 140 valence electrons. The van der Waals surface area contributed by atoms with Crippen molar-refractivity contribution < 1.29 is 9.18 Å². The summed E-state index contributed by atoms with van der Waals surface area (Å²) in [4.78, 5) is 13.9. The maximum Gasteiger partial charge on any atom is 0.231 e. The molecule has 2 heterocycles. The Morgan fingerprint density at radius 2 is 1.96 bits per heavy atom. The van der Waals surface area contributed by atoms with Gasteiger partial charge in [-0.15, -0.1) is 24.2 Å². The molecule has 1 aromatic rings. The molecule has 2 atom stereocenters. The molecule has 7 heteroatoms. The molecule has 0 radical (unpaired) electrons. The summed E-state index contributed by atoms with van der Waals surface area (Å²) in [5, 5.41) is 6.51. The van der Waals surface area contributed by atoms with Gasteiger partial charge < -0.3 is 15.5 Å². The summed E-state index contributed by atoms with van der Waals surface area (Å²) < 4.78 is 13.3. The van der Waals surface area contributed by atoms with Gasteiger partial charge in [-0.1, -0.05) is 12.1 Å². The number of hydrogen-bond donors (Lipinski definition) is 2. The van der Waals surface area contributed by atoms with Gasteiger partial charge in [0.1, 0.15) is 5.82 Å². The van der Waals surface area contributed by atoms with E-state index < -0.39 is 0 Å². The van der Waals surface area contributed by atoms with Gasteiger partial charge in [-0.05, 0) is 44.0 Å². The molecule has 4 nitrogen and oxygen atoms in total. The van der Waals surface area contributed by atoms with Crippen LogP contribution in [0.5, 0.6) is 0 Å². The molecule has 0 aliphatic carbocycles. The van der Waals surface area contributed by atoms with Crippen LogP contribution >= 0.6 is 24.2 Å². The average Bonchev–Trinajstić information content (AvgIpc) is 2.94. The molecule has 2 aliphatic heterocycles. The summed E-state index contributed by atoms with van der Waals surface area (Å²) in [6.07, 6.45) is 2.06. The number of nitrogens with zero attached hydrogens (tertiary/aromatic N) is 1. The highest BCUT2D eigenvalue weighted by Crippen LogP contribution is 2.43. The number of benzene rings is 1. The molecule has 3 rings (SSSR count). The van der Waals surface area contributed by atoms with E-state index in [0.717, 1.165) is 51.1 Å². The highest BCUT2D eigenvalue weighted by molar-refractivity contribution is 8.01. The van der Waals surface area contributed by atoms with Crippen LogP contribution in [0.25, 0.3) is 0 Å². The van der Waals surface area contributed by atoms with E-state index in [1.807, 2.05) is 12.1 Å². The van der Waals surface area contributed by atoms with Crippen molar-refractivity contribution in [2.75, 3.05) is 38.5 Å². The molecule has 2 fully saturated rings. The Morgan fingerprint density at radius 3 is 2.56 bits per heavy atom. The van der Waals surface area contributed by atoms with E-state index in [1.165, 1.54) is 12.1 Å². The van der Waals surface area contributed by atoms with Gasteiger partial charge >= 0.3 is 0 Å². The van der Waals surface area contributed by atoms with Crippen LogP contribution in [0.2, 0.25) is 0 Å². The summed E-state index contributed by atoms with van der Waals surface area (Å²) in [6, 6.07) is 6.76. The molecule has 0 bridgehead atoms. The monoisotopic (exact) mass is 387 g/mol. The van der Waals surface area contributed by atoms with Gasteiger partial charge in [-0.25, -0.2) is 4.39 Å². The molecule has 1 aromatic carbocycles. The minimum absolute atomic E-state index is 0. The molecule has 0 spiro atoms. The first-order valence-corrected chi connectivity index (χ1v) is 9.69. The van der Waals surface area contributed by atoms with Crippen LogP contribution in [-0.2, 0) is 4.79 Å². The fraction of sp³-hybridized carbons (Fsp3) is 0.611. The SMILES string of the molecule is CC1(C(CCCN2CCNCC2)c2ccc(F)cc2)NC(=O)CS1.Cl. The third kappa shape index (κ3) is 5.33. The fourth-order valence-electron chi connectivity index (χ4n) is 3.66. The molecule has 2 unspecified atom stereocenters. The summed E-state index contributed by atoms with van der Waals surface area (Å²) in [5.74, 6) is 0.576. The highest BCUT2D eigenvalue weighted by Gasteiger charge is 2.41. The Bertz CT molecular complexity index is 568. The Morgan fingerprint density at radius 1 is 1.28 bits per heavy atom. The van der Waals surface area contributed by atoms with Crippen molar-refractivity contribution in [1.82, 2.24) is 15.5 Å². The number of amides is 1. The average molecular weight is 388 g/mol. The zero-order valence-corrected chi connectivity index (χ0v) is 16.2. The van der Waals surface area contributed by atoms with Gasteiger partial charge in [0.25, 0.3) is 0 Å². The third-order valence-electron chi connectivity index (χ3n) is 5.00. The molecule has 2 aliphatic rings. The summed E-state index contributed by atoms with van der Waals surface area (Å²) in [7, 11) is 0. The lowest BCUT2D eigenvalue weighted by Gasteiger charge is -2.35. The Hall–Kier alpha value is -0.820. The lowest BCUT2D eigenvalue weighted by molar-refractivity contribution is -0.118. The summed E-state index contributed by atoms with van der Waals surface area (Å²) >= 11 is 1.67. The van der Waals surface area contributed by atoms with Crippen LogP contribution in [0.4, 0.5) is 4.39 Å². The largest absolute Gasteiger partial charge is 0.341 e. The standard InChI is InChI=1S/C18H26FN3OS.ClH/c1-18(21-17(23)13-24-18)16(14-4-6-15(19)7-5-14)3-2-10-22-11-8-20-9-12-22;/h4-7,16,20H,2-3,8-13H2,1H3,(H,21,23);1H. The number of halogens is 2. The van der Waals surface area contributed by atoms with E-state index in [1.54, 1.807) is 11.8 Å². The molecule has 25 heavy (non-hydrogen) atoms. The van der Waals surface area contributed by atoms with E-state index in [4.69, 9.17) is 0 Å². The van der Waals surface area contributed by atoms with Crippen molar-refractivity contribution in [3.63, 3.8) is 0 Å². The van der Waals surface area contributed by atoms with Crippen molar-refractivity contribution in [2.24, 2.45) is 0 Å². The second kappa shape index (κ2) is 9.21. The van der Waals surface area contributed by atoms with Crippen LogP contribution in [0.3, 0.4) is 0 Å². The minimum Gasteiger partial charge on any atom is -0.341 e. The highest BCUT2D eigenvalue weighted by atomic mass is 35.5. The molecular formula is C18H27ClFN3OS. The van der Waals surface area contributed by atoms with Gasteiger partial charge in [-0.3, -0.25) is 4.79 Å². The minimum atomic E-state index is -0.307. The van der Waals surface area contributed by atoms with Gasteiger partial charge in [0.15, 0.2) is 0 Å². The molecule has 2 saturated heterocycles. The van der Waals surface area contributed by atoms with Crippen molar-refractivity contribution in [2.45, 2.75) is 30.6 Å². The maximum absolute atomic E-state index is 13.3. The van der Waals surface area contributed by atoms with E-state index in [9.17, 15) is 9.18 Å². The van der Waals surface area contributed by atoms with E-state index in [2.05, 4.69) is 22.5 Å². The van der Waals surface area contributed by atoms with Gasteiger partial charge in [0, 0.05) is 32.1 Å². The number of rotatable bonds is 6. The van der Waals surface area contributed by atoms with Crippen LogP contribution in [-0.4, -0.2) is 54.2 Å². The van der Waals surface area contributed by atoms with Crippen molar-refractivity contribution >= 4 is 30.1 Å². The Labute approximate surface area is 159 Å². The van der Waals surface area contributed by atoms with E-state index in [-0.39, 0.29) is 34.9 Å².